The first-order valence-electron chi connectivity index (χ1n) is 8.01. The van der Waals surface area contributed by atoms with Crippen LogP contribution in [0.1, 0.15) is 13.8 Å². The first kappa shape index (κ1) is 18.9. The van der Waals surface area contributed by atoms with Gasteiger partial charge in [0.1, 0.15) is 24.7 Å². The average Bonchev–Trinajstić information content (AvgIpc) is 2.59. The molecule has 0 heterocycles. The Morgan fingerprint density at radius 3 is 1.54 bits per heavy atom. The minimum Gasteiger partial charge on any atom is -0.479 e. The number of ether oxygens (including phenoxy) is 2. The lowest BCUT2D eigenvalue weighted by Gasteiger charge is -2.09. The number of nitrogens with one attached hydrogen (secondary N) is 2. The Bertz CT molecular complexity index is 769. The molecular weight excluding hydrogens is 332 g/mol. The SMILES string of the molecule is CC(=O)Nc1ccccc1OCC#CCOc1ccccc1NC(C)=O. The molecule has 0 saturated heterocycles. The van der Waals surface area contributed by atoms with Crippen LogP contribution in [0.15, 0.2) is 48.5 Å². The Kier molecular flexibility index (Phi) is 7.07. The zero-order valence-electron chi connectivity index (χ0n) is 14.7. The van der Waals surface area contributed by atoms with E-state index in [0.29, 0.717) is 22.9 Å². The van der Waals surface area contributed by atoms with Crippen LogP contribution >= 0.6 is 0 Å². The van der Waals surface area contributed by atoms with Gasteiger partial charge < -0.3 is 20.1 Å². The fourth-order valence-electron chi connectivity index (χ4n) is 2.10. The van der Waals surface area contributed by atoms with Gasteiger partial charge in [-0.3, -0.25) is 9.59 Å². The van der Waals surface area contributed by atoms with Crippen molar-refractivity contribution in [3.05, 3.63) is 48.5 Å². The molecule has 2 aromatic carbocycles. The number of benzene rings is 2. The van der Waals surface area contributed by atoms with E-state index in [4.69, 9.17) is 9.47 Å². The summed E-state index contributed by atoms with van der Waals surface area (Å²) in [4.78, 5) is 22.3. The van der Waals surface area contributed by atoms with Gasteiger partial charge in [0.25, 0.3) is 0 Å². The summed E-state index contributed by atoms with van der Waals surface area (Å²) >= 11 is 0. The number of carbonyl (C=O) groups is 2. The number of para-hydroxylation sites is 4. The molecule has 0 aliphatic heterocycles. The number of hydrogen-bond donors (Lipinski definition) is 2. The third kappa shape index (κ3) is 6.21. The Morgan fingerprint density at radius 2 is 1.15 bits per heavy atom. The second kappa shape index (κ2) is 9.74. The van der Waals surface area contributed by atoms with Crippen molar-refractivity contribution in [2.75, 3.05) is 23.8 Å². The maximum absolute atomic E-state index is 11.2. The zero-order chi connectivity index (χ0) is 18.8. The molecule has 0 radical (unpaired) electrons. The highest BCUT2D eigenvalue weighted by Crippen LogP contribution is 2.24. The van der Waals surface area contributed by atoms with E-state index in [1.807, 2.05) is 24.3 Å². The van der Waals surface area contributed by atoms with Gasteiger partial charge in [0, 0.05) is 13.8 Å². The lowest BCUT2D eigenvalue weighted by atomic mass is 10.3. The van der Waals surface area contributed by atoms with Gasteiger partial charge in [-0.2, -0.15) is 0 Å². The van der Waals surface area contributed by atoms with Crippen LogP contribution in [0.4, 0.5) is 11.4 Å². The summed E-state index contributed by atoms with van der Waals surface area (Å²) in [5, 5.41) is 5.39. The van der Waals surface area contributed by atoms with Crippen LogP contribution in [0.5, 0.6) is 11.5 Å². The van der Waals surface area contributed by atoms with Crippen molar-refractivity contribution < 1.29 is 19.1 Å². The van der Waals surface area contributed by atoms with Gasteiger partial charge in [0.15, 0.2) is 0 Å². The third-order valence-electron chi connectivity index (χ3n) is 3.12. The minimum atomic E-state index is -0.168. The van der Waals surface area contributed by atoms with E-state index in [1.54, 1.807) is 24.3 Å². The van der Waals surface area contributed by atoms with E-state index in [-0.39, 0.29) is 25.0 Å². The van der Waals surface area contributed by atoms with E-state index >= 15 is 0 Å². The smallest absolute Gasteiger partial charge is 0.221 e. The number of amides is 2. The Labute approximate surface area is 152 Å². The summed E-state index contributed by atoms with van der Waals surface area (Å²) in [6.45, 7) is 3.19. The number of rotatable bonds is 6. The highest BCUT2D eigenvalue weighted by atomic mass is 16.5. The second-order valence-electron chi connectivity index (χ2n) is 5.29. The molecule has 0 unspecified atom stereocenters. The largest absolute Gasteiger partial charge is 0.479 e. The molecule has 2 amide bonds. The minimum absolute atomic E-state index is 0.160. The van der Waals surface area contributed by atoms with Crippen molar-refractivity contribution in [2.45, 2.75) is 13.8 Å². The van der Waals surface area contributed by atoms with Crippen molar-refractivity contribution >= 4 is 23.2 Å². The predicted molar refractivity (Wildman–Crippen MR) is 100 cm³/mol. The van der Waals surface area contributed by atoms with Crippen LogP contribution in [-0.4, -0.2) is 25.0 Å². The molecule has 0 bridgehead atoms. The highest BCUT2D eigenvalue weighted by Gasteiger charge is 2.04. The molecule has 6 nitrogen and oxygen atoms in total. The maximum Gasteiger partial charge on any atom is 0.221 e. The Balaban J connectivity index is 1.85. The van der Waals surface area contributed by atoms with Crippen LogP contribution in [0.2, 0.25) is 0 Å². The summed E-state index contributed by atoms with van der Waals surface area (Å²) in [5.74, 6) is 6.46. The van der Waals surface area contributed by atoms with Gasteiger partial charge >= 0.3 is 0 Å². The first-order valence-corrected chi connectivity index (χ1v) is 8.01. The zero-order valence-corrected chi connectivity index (χ0v) is 14.7. The monoisotopic (exact) mass is 352 g/mol. The summed E-state index contributed by atoms with van der Waals surface area (Å²) in [5.41, 5.74) is 1.20. The van der Waals surface area contributed by atoms with Crippen LogP contribution in [0.25, 0.3) is 0 Å². The van der Waals surface area contributed by atoms with E-state index in [0.717, 1.165) is 0 Å². The summed E-state index contributed by atoms with van der Waals surface area (Å²) in [7, 11) is 0. The van der Waals surface area contributed by atoms with Crippen LogP contribution in [0, 0.1) is 11.8 Å². The van der Waals surface area contributed by atoms with Crippen molar-refractivity contribution in [1.29, 1.82) is 0 Å². The van der Waals surface area contributed by atoms with Crippen LogP contribution < -0.4 is 20.1 Å². The van der Waals surface area contributed by atoms with Crippen LogP contribution in [0.3, 0.4) is 0 Å². The average molecular weight is 352 g/mol. The molecule has 2 N–H and O–H groups in total. The second-order valence-corrected chi connectivity index (χ2v) is 5.29. The number of carbonyl (C=O) groups excluding carboxylic acids is 2. The topological polar surface area (TPSA) is 76.7 Å². The van der Waals surface area contributed by atoms with Gasteiger partial charge in [0.05, 0.1) is 11.4 Å². The van der Waals surface area contributed by atoms with Gasteiger partial charge in [-0.25, -0.2) is 0 Å². The third-order valence-corrected chi connectivity index (χ3v) is 3.12. The Hall–Kier alpha value is -3.46. The fourth-order valence-corrected chi connectivity index (χ4v) is 2.10. The molecule has 0 aliphatic rings. The molecule has 6 heteroatoms. The standard InChI is InChI=1S/C20H20N2O4/c1-15(23)21-17-9-3-5-11-19(17)25-13-7-8-14-26-20-12-6-4-10-18(20)22-16(2)24/h3-6,9-12H,13-14H2,1-2H3,(H,21,23)(H,22,24). The molecule has 0 atom stereocenters. The van der Waals surface area contributed by atoms with E-state index in [2.05, 4.69) is 22.5 Å². The molecular formula is C20H20N2O4. The highest BCUT2D eigenvalue weighted by molar-refractivity contribution is 5.90. The van der Waals surface area contributed by atoms with Gasteiger partial charge in [-0.1, -0.05) is 36.1 Å². The normalized spacial score (nSPS) is 9.46. The maximum atomic E-state index is 11.2. The van der Waals surface area contributed by atoms with Gasteiger partial charge in [-0.15, -0.1) is 0 Å². The first-order chi connectivity index (χ1) is 12.6. The fraction of sp³-hybridized carbons (Fsp3) is 0.200. The Morgan fingerprint density at radius 1 is 0.769 bits per heavy atom. The van der Waals surface area contributed by atoms with Gasteiger partial charge in [0.2, 0.25) is 11.8 Å². The van der Waals surface area contributed by atoms with Crippen molar-refractivity contribution in [3.8, 4) is 23.3 Å². The van der Waals surface area contributed by atoms with E-state index < -0.39 is 0 Å². The van der Waals surface area contributed by atoms with Crippen LogP contribution in [-0.2, 0) is 9.59 Å². The van der Waals surface area contributed by atoms with E-state index in [9.17, 15) is 9.59 Å². The molecule has 0 fully saturated rings. The molecule has 0 aromatic heterocycles. The van der Waals surface area contributed by atoms with E-state index in [1.165, 1.54) is 13.8 Å². The number of hydrogen-bond acceptors (Lipinski definition) is 4. The van der Waals surface area contributed by atoms with Gasteiger partial charge in [-0.05, 0) is 24.3 Å². The molecule has 134 valence electrons. The molecule has 0 spiro atoms. The van der Waals surface area contributed by atoms with Crippen molar-refractivity contribution in [2.24, 2.45) is 0 Å². The quantitative estimate of drug-likeness (QED) is 0.784. The molecule has 0 aliphatic carbocycles. The molecule has 2 rings (SSSR count). The van der Waals surface area contributed by atoms with Crippen molar-refractivity contribution in [1.82, 2.24) is 0 Å². The lowest BCUT2D eigenvalue weighted by molar-refractivity contribution is -0.115. The summed E-state index contributed by atoms with van der Waals surface area (Å²) in [6, 6.07) is 14.3. The van der Waals surface area contributed by atoms with Crippen molar-refractivity contribution in [3.63, 3.8) is 0 Å². The molecule has 2 aromatic rings. The summed E-state index contributed by atoms with van der Waals surface area (Å²) < 4.78 is 11.1. The number of anilines is 2. The lowest BCUT2D eigenvalue weighted by Crippen LogP contribution is -2.08. The molecule has 0 saturated carbocycles. The molecule has 26 heavy (non-hydrogen) atoms. The summed E-state index contributed by atoms with van der Waals surface area (Å²) in [6.07, 6.45) is 0. The predicted octanol–water partition coefficient (Wildman–Crippen LogP) is 3.06.